The maximum Gasteiger partial charge on any atom is 0.235 e. The van der Waals surface area contributed by atoms with Crippen LogP contribution in [0.15, 0.2) is 53.4 Å². The average molecular weight is 338 g/mol. The minimum Gasteiger partial charge on any atom is -0.340 e. The molecular weight excluding hydrogens is 321 g/mol. The normalized spacial score (nSPS) is 12.0. The monoisotopic (exact) mass is 337 g/mol. The molecule has 0 aliphatic heterocycles. The van der Waals surface area contributed by atoms with Crippen molar-refractivity contribution in [3.05, 3.63) is 64.9 Å². The van der Waals surface area contributed by atoms with Crippen LogP contribution in [0, 0.1) is 5.82 Å². The van der Waals surface area contributed by atoms with Crippen LogP contribution in [0.4, 0.5) is 4.39 Å². The second kappa shape index (κ2) is 7.65. The summed E-state index contributed by atoms with van der Waals surface area (Å²) in [7, 11) is 1.69. The molecule has 0 heterocycles. The van der Waals surface area contributed by atoms with Crippen LogP contribution in [-0.2, 0) is 11.3 Å². The summed E-state index contributed by atoms with van der Waals surface area (Å²) in [6, 6.07) is 13.9. The molecule has 1 atom stereocenters. The fraction of sp³-hybridized carbons (Fsp3) is 0.235. The van der Waals surface area contributed by atoms with Crippen LogP contribution in [0.3, 0.4) is 0 Å². The van der Waals surface area contributed by atoms with Crippen molar-refractivity contribution in [1.82, 2.24) is 4.90 Å². The first-order valence-electron chi connectivity index (χ1n) is 6.88. The first-order valence-corrected chi connectivity index (χ1v) is 8.13. The van der Waals surface area contributed by atoms with E-state index in [-0.39, 0.29) is 23.5 Å². The molecule has 0 aliphatic carbocycles. The van der Waals surface area contributed by atoms with Crippen molar-refractivity contribution < 1.29 is 9.18 Å². The van der Waals surface area contributed by atoms with Crippen LogP contribution in [0.25, 0.3) is 0 Å². The Bertz CT molecular complexity index is 647. The third-order valence-corrected chi connectivity index (χ3v) is 4.57. The van der Waals surface area contributed by atoms with Gasteiger partial charge >= 0.3 is 0 Å². The highest BCUT2D eigenvalue weighted by Gasteiger charge is 2.19. The van der Waals surface area contributed by atoms with Crippen molar-refractivity contribution in [2.75, 3.05) is 7.05 Å². The number of hydrogen-bond acceptors (Lipinski definition) is 2. The third kappa shape index (κ3) is 4.49. The molecule has 0 saturated heterocycles. The van der Waals surface area contributed by atoms with Gasteiger partial charge in [0.1, 0.15) is 5.82 Å². The van der Waals surface area contributed by atoms with Crippen molar-refractivity contribution in [2.45, 2.75) is 23.6 Å². The van der Waals surface area contributed by atoms with Gasteiger partial charge in [0, 0.05) is 29.1 Å². The molecule has 0 aliphatic rings. The van der Waals surface area contributed by atoms with Gasteiger partial charge in [-0.15, -0.1) is 11.8 Å². The van der Waals surface area contributed by atoms with Crippen LogP contribution in [0.1, 0.15) is 12.5 Å². The van der Waals surface area contributed by atoms with E-state index in [1.807, 2.05) is 19.1 Å². The lowest BCUT2D eigenvalue weighted by Crippen LogP contribution is -2.33. The van der Waals surface area contributed by atoms with E-state index in [1.165, 1.54) is 17.8 Å². The van der Waals surface area contributed by atoms with E-state index in [0.717, 1.165) is 4.90 Å². The van der Waals surface area contributed by atoms with Crippen molar-refractivity contribution in [2.24, 2.45) is 0 Å². The molecular formula is C17H17ClFNOS. The van der Waals surface area contributed by atoms with Gasteiger partial charge in [0.25, 0.3) is 0 Å². The van der Waals surface area contributed by atoms with Gasteiger partial charge in [-0.1, -0.05) is 29.8 Å². The third-order valence-electron chi connectivity index (χ3n) is 3.22. The van der Waals surface area contributed by atoms with E-state index < -0.39 is 0 Å². The zero-order valence-electron chi connectivity index (χ0n) is 12.4. The summed E-state index contributed by atoms with van der Waals surface area (Å²) in [5.74, 6) is -0.330. The van der Waals surface area contributed by atoms with Crippen LogP contribution in [-0.4, -0.2) is 23.1 Å². The van der Waals surface area contributed by atoms with E-state index in [0.29, 0.717) is 10.6 Å². The molecule has 1 amide bonds. The molecule has 0 spiro atoms. The SMILES string of the molecule is CC(Sc1ccc(Cl)cc1)C(=O)N(C)Cc1ccccc1F. The molecule has 5 heteroatoms. The van der Waals surface area contributed by atoms with Gasteiger partial charge in [0.05, 0.1) is 5.25 Å². The van der Waals surface area contributed by atoms with E-state index in [9.17, 15) is 9.18 Å². The molecule has 1 unspecified atom stereocenters. The van der Waals surface area contributed by atoms with E-state index in [4.69, 9.17) is 11.6 Å². The van der Waals surface area contributed by atoms with Crippen molar-refractivity contribution in [3.63, 3.8) is 0 Å². The topological polar surface area (TPSA) is 20.3 Å². The maximum atomic E-state index is 13.6. The Morgan fingerprint density at radius 2 is 1.86 bits per heavy atom. The van der Waals surface area contributed by atoms with Gasteiger partial charge in [-0.2, -0.15) is 0 Å². The van der Waals surface area contributed by atoms with Crippen LogP contribution in [0.5, 0.6) is 0 Å². The van der Waals surface area contributed by atoms with Crippen molar-refractivity contribution in [3.8, 4) is 0 Å². The molecule has 0 aromatic heterocycles. The van der Waals surface area contributed by atoms with Crippen molar-refractivity contribution >= 4 is 29.3 Å². The molecule has 0 radical (unpaired) electrons. The van der Waals surface area contributed by atoms with Gasteiger partial charge in [-0.05, 0) is 37.3 Å². The number of rotatable bonds is 5. The Kier molecular flexibility index (Phi) is 5.86. The molecule has 0 fully saturated rings. The van der Waals surface area contributed by atoms with Gasteiger partial charge in [-0.3, -0.25) is 4.79 Å². The van der Waals surface area contributed by atoms with Crippen molar-refractivity contribution in [1.29, 1.82) is 0 Å². The Morgan fingerprint density at radius 1 is 1.23 bits per heavy atom. The lowest BCUT2D eigenvalue weighted by atomic mass is 10.2. The molecule has 2 aromatic carbocycles. The smallest absolute Gasteiger partial charge is 0.235 e. The van der Waals surface area contributed by atoms with E-state index >= 15 is 0 Å². The molecule has 22 heavy (non-hydrogen) atoms. The summed E-state index contributed by atoms with van der Waals surface area (Å²) < 4.78 is 13.6. The summed E-state index contributed by atoms with van der Waals surface area (Å²) >= 11 is 7.31. The summed E-state index contributed by atoms with van der Waals surface area (Å²) in [5, 5.41) is 0.415. The molecule has 116 valence electrons. The number of carbonyl (C=O) groups is 1. The zero-order chi connectivity index (χ0) is 16.1. The highest BCUT2D eigenvalue weighted by atomic mass is 35.5. The van der Waals surface area contributed by atoms with Gasteiger partial charge in [0.2, 0.25) is 5.91 Å². The number of carbonyl (C=O) groups excluding carboxylic acids is 1. The van der Waals surface area contributed by atoms with Crippen LogP contribution in [0.2, 0.25) is 5.02 Å². The van der Waals surface area contributed by atoms with Crippen LogP contribution >= 0.6 is 23.4 Å². The number of halogens is 2. The first kappa shape index (κ1) is 16.8. The van der Waals surface area contributed by atoms with Gasteiger partial charge < -0.3 is 4.90 Å². The molecule has 2 aromatic rings. The van der Waals surface area contributed by atoms with E-state index in [1.54, 1.807) is 42.3 Å². The maximum absolute atomic E-state index is 13.6. The number of thioether (sulfide) groups is 1. The van der Waals surface area contributed by atoms with Gasteiger partial charge in [-0.25, -0.2) is 4.39 Å². The highest BCUT2D eigenvalue weighted by Crippen LogP contribution is 2.26. The number of hydrogen-bond donors (Lipinski definition) is 0. The van der Waals surface area contributed by atoms with Crippen LogP contribution < -0.4 is 0 Å². The standard InChI is InChI=1S/C17H17ClFNOS/c1-12(22-15-9-7-14(18)8-10-15)17(21)20(2)11-13-5-3-4-6-16(13)19/h3-10,12H,11H2,1-2H3. The summed E-state index contributed by atoms with van der Waals surface area (Å²) in [6.45, 7) is 2.11. The fourth-order valence-electron chi connectivity index (χ4n) is 2.04. The second-order valence-corrected chi connectivity index (χ2v) is 6.85. The molecule has 0 bridgehead atoms. The predicted octanol–water partition coefficient (Wildman–Crippen LogP) is 4.62. The number of nitrogens with zero attached hydrogens (tertiary/aromatic N) is 1. The number of benzene rings is 2. The highest BCUT2D eigenvalue weighted by molar-refractivity contribution is 8.00. The summed E-state index contributed by atoms with van der Waals surface area (Å²) in [6.07, 6.45) is 0. The number of amides is 1. The quantitative estimate of drug-likeness (QED) is 0.742. The molecule has 2 nitrogen and oxygen atoms in total. The second-order valence-electron chi connectivity index (χ2n) is 5.00. The Labute approximate surface area is 139 Å². The minimum atomic E-state index is -0.292. The Balaban J connectivity index is 1.97. The lowest BCUT2D eigenvalue weighted by Gasteiger charge is -2.21. The predicted molar refractivity (Wildman–Crippen MR) is 89.6 cm³/mol. The Hall–Kier alpha value is -1.52. The zero-order valence-corrected chi connectivity index (χ0v) is 14.0. The van der Waals surface area contributed by atoms with E-state index in [2.05, 4.69) is 0 Å². The molecule has 0 N–H and O–H groups in total. The minimum absolute atomic E-state index is 0.0387. The lowest BCUT2D eigenvalue weighted by molar-refractivity contribution is -0.129. The first-order chi connectivity index (χ1) is 10.5. The molecule has 0 saturated carbocycles. The fourth-order valence-corrected chi connectivity index (χ4v) is 3.15. The summed E-state index contributed by atoms with van der Waals surface area (Å²) in [4.78, 5) is 14.9. The average Bonchev–Trinajstić information content (AvgIpc) is 2.51. The van der Waals surface area contributed by atoms with Gasteiger partial charge in [0.15, 0.2) is 0 Å². The summed E-state index contributed by atoms with van der Waals surface area (Å²) in [5.41, 5.74) is 0.516. The Morgan fingerprint density at radius 3 is 2.50 bits per heavy atom. The molecule has 2 rings (SSSR count). The largest absolute Gasteiger partial charge is 0.340 e.